The highest BCUT2D eigenvalue weighted by atomic mass is 19.1. The third-order valence-corrected chi connectivity index (χ3v) is 5.97. The molecule has 0 radical (unpaired) electrons. The van der Waals surface area contributed by atoms with Crippen molar-refractivity contribution in [2.45, 2.75) is 80.2 Å². The van der Waals surface area contributed by atoms with Crippen LogP contribution in [0.15, 0.2) is 53.7 Å². The largest absolute Gasteiger partial charge is 0.496 e. The number of allylic oxidation sites excluding steroid dienone is 1. The lowest BCUT2D eigenvalue weighted by Crippen LogP contribution is -2.26. The number of aliphatic imine (C=N–C) groups is 1. The highest BCUT2D eigenvalue weighted by Gasteiger charge is 2.19. The van der Waals surface area contributed by atoms with Crippen molar-refractivity contribution in [3.8, 4) is 16.9 Å². The van der Waals surface area contributed by atoms with Crippen molar-refractivity contribution in [1.82, 2.24) is 5.32 Å². The first kappa shape index (κ1) is 30.1. The van der Waals surface area contributed by atoms with Crippen molar-refractivity contribution >= 4 is 11.6 Å². The number of carbonyl (C=O) groups excluding carboxylic acids is 1. The standard InChI is InChI=1S/C28H37FN2O2.C2H6/c1-7-9-16-30-28(31-26(21(5)32)15-10-19(3)8-2)25-17-23(18-27(33-6)20(25)4)22-11-13-24(29)14-12-22;1-2/h9,11-14,16-19,26H,7-8,10,15H2,1-6H3,(H,30,31);1-2H3/b16-9+;. The number of halogens is 1. The highest BCUT2D eigenvalue weighted by molar-refractivity contribution is 6.03. The first-order valence-electron chi connectivity index (χ1n) is 12.7. The summed E-state index contributed by atoms with van der Waals surface area (Å²) in [4.78, 5) is 17.4. The summed E-state index contributed by atoms with van der Waals surface area (Å²) in [6.45, 7) is 14.0. The van der Waals surface area contributed by atoms with Gasteiger partial charge in [-0.15, -0.1) is 0 Å². The van der Waals surface area contributed by atoms with Crippen molar-refractivity contribution in [2.24, 2.45) is 10.9 Å². The second kappa shape index (κ2) is 15.9. The molecule has 0 aromatic heterocycles. The van der Waals surface area contributed by atoms with Crippen molar-refractivity contribution < 1.29 is 13.9 Å². The van der Waals surface area contributed by atoms with Crippen LogP contribution in [0.2, 0.25) is 0 Å². The zero-order chi connectivity index (χ0) is 26.4. The number of ether oxygens (including phenoxy) is 1. The number of carbonyl (C=O) groups is 1. The number of nitrogens with one attached hydrogen (secondary N) is 1. The Hall–Kier alpha value is -2.95. The molecule has 5 heteroatoms. The molecule has 0 bridgehead atoms. The summed E-state index contributed by atoms with van der Waals surface area (Å²) in [5.41, 5.74) is 3.53. The van der Waals surface area contributed by atoms with Gasteiger partial charge < -0.3 is 10.1 Å². The lowest BCUT2D eigenvalue weighted by molar-refractivity contribution is -0.118. The number of Topliss-reactive ketones (excluding diaryl/α,β-unsaturated/α-hetero) is 1. The Labute approximate surface area is 211 Å². The SMILES string of the molecule is CC.CC/C=C/NC(=NC(CCC(C)CC)C(C)=O)c1cc(-c2ccc(F)cc2)cc(OC)c1C. The molecule has 1 N–H and O–H groups in total. The molecule has 2 rings (SSSR count). The Bertz CT molecular complexity index is 981. The van der Waals surface area contributed by atoms with E-state index in [1.54, 1.807) is 26.2 Å². The molecule has 0 aliphatic heterocycles. The van der Waals surface area contributed by atoms with Crippen LogP contribution >= 0.6 is 0 Å². The fourth-order valence-electron chi connectivity index (χ4n) is 3.56. The van der Waals surface area contributed by atoms with Crippen LogP contribution in [0.1, 0.15) is 78.4 Å². The minimum atomic E-state index is -0.420. The molecule has 0 spiro atoms. The first-order chi connectivity index (χ1) is 16.8. The second-order valence-corrected chi connectivity index (χ2v) is 8.51. The van der Waals surface area contributed by atoms with Gasteiger partial charge in [0.2, 0.25) is 0 Å². The van der Waals surface area contributed by atoms with E-state index < -0.39 is 6.04 Å². The molecule has 4 nitrogen and oxygen atoms in total. The number of ketones is 1. The number of hydrogen-bond acceptors (Lipinski definition) is 3. The minimum Gasteiger partial charge on any atom is -0.496 e. The van der Waals surface area contributed by atoms with Gasteiger partial charge in [-0.2, -0.15) is 0 Å². The molecule has 0 amide bonds. The fourth-order valence-corrected chi connectivity index (χ4v) is 3.56. The first-order valence-corrected chi connectivity index (χ1v) is 12.7. The van der Waals surface area contributed by atoms with E-state index in [0.29, 0.717) is 23.9 Å². The Kier molecular flexibility index (Phi) is 13.6. The van der Waals surface area contributed by atoms with Gasteiger partial charge in [0.1, 0.15) is 23.4 Å². The van der Waals surface area contributed by atoms with Gasteiger partial charge >= 0.3 is 0 Å². The van der Waals surface area contributed by atoms with E-state index >= 15 is 0 Å². The predicted molar refractivity (Wildman–Crippen MR) is 147 cm³/mol. The van der Waals surface area contributed by atoms with Crippen molar-refractivity contribution in [2.75, 3.05) is 7.11 Å². The van der Waals surface area contributed by atoms with Crippen LogP contribution in [0.4, 0.5) is 4.39 Å². The third-order valence-electron chi connectivity index (χ3n) is 5.97. The van der Waals surface area contributed by atoms with Gasteiger partial charge in [-0.05, 0) is 80.6 Å². The maximum atomic E-state index is 13.5. The average molecular weight is 483 g/mol. The normalized spacial score (nSPS) is 13.1. The van der Waals surface area contributed by atoms with E-state index in [0.717, 1.165) is 41.5 Å². The van der Waals surface area contributed by atoms with Crippen molar-refractivity contribution in [3.63, 3.8) is 0 Å². The summed E-state index contributed by atoms with van der Waals surface area (Å²) in [7, 11) is 1.63. The summed E-state index contributed by atoms with van der Waals surface area (Å²) >= 11 is 0. The molecule has 2 aromatic carbocycles. The molecule has 192 valence electrons. The highest BCUT2D eigenvalue weighted by Crippen LogP contribution is 2.31. The van der Waals surface area contributed by atoms with E-state index in [1.807, 2.05) is 45.2 Å². The molecule has 0 saturated carbocycles. The van der Waals surface area contributed by atoms with Crippen molar-refractivity contribution in [1.29, 1.82) is 0 Å². The number of methoxy groups -OCH3 is 1. The lowest BCUT2D eigenvalue weighted by Gasteiger charge is -2.19. The summed E-state index contributed by atoms with van der Waals surface area (Å²) in [6, 6.07) is 9.92. The van der Waals surface area contributed by atoms with Crippen LogP contribution in [-0.2, 0) is 4.79 Å². The second-order valence-electron chi connectivity index (χ2n) is 8.51. The van der Waals surface area contributed by atoms with E-state index in [2.05, 4.69) is 26.1 Å². The van der Waals surface area contributed by atoms with Gasteiger partial charge in [0, 0.05) is 11.1 Å². The van der Waals surface area contributed by atoms with Gasteiger partial charge in [0.15, 0.2) is 5.78 Å². The number of nitrogens with zero attached hydrogens (tertiary/aromatic N) is 1. The minimum absolute atomic E-state index is 0.0522. The van der Waals surface area contributed by atoms with E-state index in [-0.39, 0.29) is 11.6 Å². The van der Waals surface area contributed by atoms with Crippen LogP contribution in [0, 0.1) is 18.7 Å². The van der Waals surface area contributed by atoms with Crippen molar-refractivity contribution in [3.05, 3.63) is 65.6 Å². The van der Waals surface area contributed by atoms with Crippen LogP contribution in [-0.4, -0.2) is 24.8 Å². The molecule has 35 heavy (non-hydrogen) atoms. The molecule has 2 unspecified atom stereocenters. The zero-order valence-electron chi connectivity index (χ0n) is 22.7. The lowest BCUT2D eigenvalue weighted by atomic mass is 9.96. The van der Waals surface area contributed by atoms with Gasteiger partial charge in [-0.1, -0.05) is 59.2 Å². The Morgan fingerprint density at radius 3 is 2.31 bits per heavy atom. The van der Waals surface area contributed by atoms with Gasteiger partial charge in [0.05, 0.1) is 7.11 Å². The monoisotopic (exact) mass is 482 g/mol. The average Bonchev–Trinajstić information content (AvgIpc) is 2.87. The summed E-state index contributed by atoms with van der Waals surface area (Å²) in [6.07, 6.45) is 7.48. The molecular weight excluding hydrogens is 439 g/mol. The molecule has 2 aromatic rings. The fraction of sp³-hybridized carbons (Fsp3) is 0.467. The summed E-state index contributed by atoms with van der Waals surface area (Å²) in [5.74, 6) is 1.65. The predicted octanol–water partition coefficient (Wildman–Crippen LogP) is 7.88. The Balaban J connectivity index is 0.00000298. The summed E-state index contributed by atoms with van der Waals surface area (Å²) in [5, 5.41) is 3.31. The smallest absolute Gasteiger partial charge is 0.154 e. The number of benzene rings is 2. The molecule has 0 fully saturated rings. The number of amidine groups is 1. The maximum Gasteiger partial charge on any atom is 0.154 e. The molecule has 0 aliphatic rings. The summed E-state index contributed by atoms with van der Waals surface area (Å²) < 4.78 is 19.1. The van der Waals surface area contributed by atoms with E-state index in [9.17, 15) is 9.18 Å². The number of rotatable bonds is 11. The van der Waals surface area contributed by atoms with Crippen LogP contribution < -0.4 is 10.1 Å². The van der Waals surface area contributed by atoms with E-state index in [1.165, 1.54) is 12.1 Å². The maximum absolute atomic E-state index is 13.5. The third kappa shape index (κ3) is 9.31. The molecular formula is C30H43FN2O2. The van der Waals surface area contributed by atoms with Crippen LogP contribution in [0.3, 0.4) is 0 Å². The van der Waals surface area contributed by atoms with Gasteiger partial charge in [-0.25, -0.2) is 4.39 Å². The van der Waals surface area contributed by atoms with E-state index in [4.69, 9.17) is 9.73 Å². The molecule has 0 aliphatic carbocycles. The number of hydrogen-bond donors (Lipinski definition) is 1. The molecule has 0 heterocycles. The quantitative estimate of drug-likeness (QED) is 0.262. The van der Waals surface area contributed by atoms with Crippen LogP contribution in [0.25, 0.3) is 11.1 Å². The topological polar surface area (TPSA) is 50.7 Å². The molecule has 0 saturated heterocycles. The van der Waals surface area contributed by atoms with Gasteiger partial charge in [0.25, 0.3) is 0 Å². The van der Waals surface area contributed by atoms with Gasteiger partial charge in [-0.3, -0.25) is 9.79 Å². The Morgan fingerprint density at radius 1 is 1.11 bits per heavy atom. The Morgan fingerprint density at radius 2 is 1.77 bits per heavy atom. The zero-order valence-corrected chi connectivity index (χ0v) is 22.7. The molecule has 2 atom stereocenters. The van der Waals surface area contributed by atoms with Crippen LogP contribution in [0.5, 0.6) is 5.75 Å².